The van der Waals surface area contributed by atoms with E-state index in [9.17, 15) is 23.2 Å². The monoisotopic (exact) mass is 467 g/mol. The first-order chi connectivity index (χ1) is 16.2. The second-order valence-corrected chi connectivity index (χ2v) is 7.76. The lowest BCUT2D eigenvalue weighted by atomic mass is 9.95. The van der Waals surface area contributed by atoms with Gasteiger partial charge in [0.05, 0.1) is 29.1 Å². The molecule has 11 heteroatoms. The number of pyridine rings is 1. The first-order valence-corrected chi connectivity index (χ1v) is 10.4. The van der Waals surface area contributed by atoms with Crippen LogP contribution in [0.25, 0.3) is 0 Å². The third-order valence-corrected chi connectivity index (χ3v) is 5.61. The summed E-state index contributed by atoms with van der Waals surface area (Å²) in [7, 11) is 1.55. The van der Waals surface area contributed by atoms with Gasteiger partial charge in [-0.15, -0.1) is 0 Å². The third kappa shape index (κ3) is 4.47. The molecule has 4 rings (SSSR count). The van der Waals surface area contributed by atoms with E-state index in [1.807, 2.05) is 13.0 Å². The molecule has 0 saturated carbocycles. The lowest BCUT2D eigenvalue weighted by molar-refractivity contribution is -0.137. The summed E-state index contributed by atoms with van der Waals surface area (Å²) in [4.78, 5) is 24.3. The van der Waals surface area contributed by atoms with Crippen LogP contribution in [-0.4, -0.2) is 34.5 Å². The van der Waals surface area contributed by atoms with Crippen LogP contribution in [-0.2, 0) is 6.18 Å². The van der Waals surface area contributed by atoms with Crippen LogP contribution >= 0.6 is 0 Å². The van der Waals surface area contributed by atoms with E-state index in [1.54, 1.807) is 31.3 Å². The average Bonchev–Trinajstić information content (AvgIpc) is 3.26. The quantitative estimate of drug-likeness (QED) is 0.522. The summed E-state index contributed by atoms with van der Waals surface area (Å²) in [6.07, 6.45) is -2.40. The largest absolute Gasteiger partial charge is 0.417 e. The van der Waals surface area contributed by atoms with Gasteiger partial charge in [0.1, 0.15) is 11.9 Å². The fraction of sp³-hybridized carbons (Fsp3) is 0.261. The number of carbonyl (C=O) groups is 1. The molecule has 1 unspecified atom stereocenters. The summed E-state index contributed by atoms with van der Waals surface area (Å²) in [5.41, 5.74) is 1.34. The number of hydrogen-bond donors (Lipinski definition) is 3. The van der Waals surface area contributed by atoms with Gasteiger partial charge in [-0.3, -0.25) is 4.79 Å². The van der Waals surface area contributed by atoms with Crippen molar-refractivity contribution in [1.29, 1.82) is 5.26 Å². The Balaban J connectivity index is 1.62. The first kappa shape index (κ1) is 23.0. The van der Waals surface area contributed by atoms with Gasteiger partial charge in [0, 0.05) is 36.8 Å². The second-order valence-electron chi connectivity index (χ2n) is 7.76. The van der Waals surface area contributed by atoms with E-state index in [-0.39, 0.29) is 30.0 Å². The number of fused-ring (bicyclic) bond motifs is 1. The average molecular weight is 467 g/mol. The molecule has 0 fully saturated rings. The summed E-state index contributed by atoms with van der Waals surface area (Å²) in [5, 5.41) is 18.2. The Labute approximate surface area is 193 Å². The van der Waals surface area contributed by atoms with Crippen molar-refractivity contribution in [2.45, 2.75) is 25.1 Å². The van der Waals surface area contributed by atoms with Crippen molar-refractivity contribution in [1.82, 2.24) is 20.3 Å². The van der Waals surface area contributed by atoms with Crippen LogP contribution in [0.2, 0.25) is 0 Å². The highest BCUT2D eigenvalue weighted by Gasteiger charge is 2.35. The minimum atomic E-state index is -4.53. The zero-order valence-electron chi connectivity index (χ0n) is 18.2. The number of alkyl halides is 3. The molecule has 3 heterocycles. The first-order valence-electron chi connectivity index (χ1n) is 10.4. The Morgan fingerprint density at radius 3 is 2.62 bits per heavy atom. The van der Waals surface area contributed by atoms with Crippen molar-refractivity contribution in [3.05, 3.63) is 76.2 Å². The summed E-state index contributed by atoms with van der Waals surface area (Å²) < 4.78 is 39.7. The molecular weight excluding hydrogens is 447 g/mol. The minimum Gasteiger partial charge on any atom is -0.369 e. The van der Waals surface area contributed by atoms with Crippen molar-refractivity contribution < 1.29 is 18.0 Å². The van der Waals surface area contributed by atoms with E-state index < -0.39 is 17.7 Å². The fourth-order valence-corrected chi connectivity index (χ4v) is 3.76. The molecule has 1 amide bonds. The van der Waals surface area contributed by atoms with Gasteiger partial charge >= 0.3 is 6.18 Å². The Morgan fingerprint density at radius 2 is 1.97 bits per heavy atom. The fourth-order valence-electron chi connectivity index (χ4n) is 3.76. The smallest absolute Gasteiger partial charge is 0.369 e. The van der Waals surface area contributed by atoms with Gasteiger partial charge < -0.3 is 16.0 Å². The van der Waals surface area contributed by atoms with Gasteiger partial charge in [-0.2, -0.15) is 18.4 Å². The SMILES string of the molecule is CNC(=O)c1ccc([C@H](C)Nc2ncc(C#N)c(C3CNc4ncc(C(F)(F)F)cc43)n2)cc1. The Kier molecular flexibility index (Phi) is 6.06. The molecule has 1 aromatic carbocycles. The minimum absolute atomic E-state index is 0.171. The predicted molar refractivity (Wildman–Crippen MR) is 118 cm³/mol. The number of nitrogens with one attached hydrogen (secondary N) is 3. The number of anilines is 2. The summed E-state index contributed by atoms with van der Waals surface area (Å²) in [5.74, 6) is -0.226. The number of halogens is 3. The van der Waals surface area contributed by atoms with Crippen molar-refractivity contribution >= 4 is 17.7 Å². The van der Waals surface area contributed by atoms with Gasteiger partial charge in [-0.25, -0.2) is 15.0 Å². The van der Waals surface area contributed by atoms with Crippen molar-refractivity contribution in [2.75, 3.05) is 24.2 Å². The zero-order chi connectivity index (χ0) is 24.5. The van der Waals surface area contributed by atoms with Crippen LogP contribution in [0.4, 0.5) is 24.9 Å². The van der Waals surface area contributed by atoms with Crippen LogP contribution in [0.15, 0.2) is 42.7 Å². The van der Waals surface area contributed by atoms with Gasteiger partial charge in [0.2, 0.25) is 5.95 Å². The number of aromatic nitrogens is 3. The highest BCUT2D eigenvalue weighted by atomic mass is 19.4. The number of amides is 1. The molecule has 0 spiro atoms. The number of carbonyl (C=O) groups excluding carboxylic acids is 1. The molecule has 2 aromatic heterocycles. The van der Waals surface area contributed by atoms with E-state index in [2.05, 4.69) is 30.9 Å². The molecule has 8 nitrogen and oxygen atoms in total. The zero-order valence-corrected chi connectivity index (χ0v) is 18.2. The molecule has 3 aromatic rings. The molecule has 34 heavy (non-hydrogen) atoms. The lowest BCUT2D eigenvalue weighted by Gasteiger charge is -2.17. The maximum Gasteiger partial charge on any atom is 0.417 e. The molecular formula is C23H20F3N7O. The molecule has 1 aliphatic heterocycles. The third-order valence-electron chi connectivity index (χ3n) is 5.61. The van der Waals surface area contributed by atoms with Gasteiger partial charge in [0.25, 0.3) is 5.91 Å². The van der Waals surface area contributed by atoms with Crippen molar-refractivity contribution in [2.24, 2.45) is 0 Å². The van der Waals surface area contributed by atoms with Crippen molar-refractivity contribution in [3.8, 4) is 6.07 Å². The summed E-state index contributed by atoms with van der Waals surface area (Å²) in [6.45, 7) is 2.13. The topological polar surface area (TPSA) is 116 Å². The summed E-state index contributed by atoms with van der Waals surface area (Å²) in [6, 6.07) is 9.82. The maximum atomic E-state index is 13.2. The molecule has 0 radical (unpaired) electrons. The molecule has 1 aliphatic rings. The van der Waals surface area contributed by atoms with Gasteiger partial charge in [-0.05, 0) is 30.7 Å². The van der Waals surface area contributed by atoms with Crippen LogP contribution < -0.4 is 16.0 Å². The second kappa shape index (κ2) is 8.97. The highest BCUT2D eigenvalue weighted by molar-refractivity contribution is 5.93. The Hall–Kier alpha value is -4.20. The normalized spacial score (nSPS) is 15.6. The number of benzene rings is 1. The molecule has 0 saturated heterocycles. The van der Waals surface area contributed by atoms with E-state index in [0.717, 1.165) is 17.8 Å². The molecule has 2 atom stereocenters. The summed E-state index contributed by atoms with van der Waals surface area (Å²) >= 11 is 0. The lowest BCUT2D eigenvalue weighted by Crippen LogP contribution is -2.18. The van der Waals surface area contributed by atoms with Gasteiger partial charge in [-0.1, -0.05) is 12.1 Å². The molecule has 0 bridgehead atoms. The maximum absolute atomic E-state index is 13.2. The number of hydrogen-bond acceptors (Lipinski definition) is 7. The van der Waals surface area contributed by atoms with E-state index in [4.69, 9.17) is 0 Å². The van der Waals surface area contributed by atoms with E-state index in [1.165, 1.54) is 6.20 Å². The Bertz CT molecular complexity index is 1270. The number of rotatable bonds is 5. The standard InChI is InChI=1S/C23H20F3N7O/c1-12(13-3-5-14(6-4-13)21(34)28-2)32-22-31-9-15(8-27)19(33-22)18-11-30-20-17(18)7-16(10-29-20)23(24,25)26/h3-7,9-10,12,18H,11H2,1-2H3,(H,28,34)(H,29,30)(H,31,32,33)/t12-,18?/m0/s1. The van der Waals surface area contributed by atoms with Crippen LogP contribution in [0, 0.1) is 11.3 Å². The van der Waals surface area contributed by atoms with Crippen molar-refractivity contribution in [3.63, 3.8) is 0 Å². The van der Waals surface area contributed by atoms with Crippen LogP contribution in [0.5, 0.6) is 0 Å². The molecule has 3 N–H and O–H groups in total. The highest BCUT2D eigenvalue weighted by Crippen LogP contribution is 2.39. The van der Waals surface area contributed by atoms with Crippen LogP contribution in [0.3, 0.4) is 0 Å². The number of nitrogens with zero attached hydrogens (tertiary/aromatic N) is 4. The van der Waals surface area contributed by atoms with E-state index >= 15 is 0 Å². The van der Waals surface area contributed by atoms with Crippen LogP contribution in [0.1, 0.15) is 57.2 Å². The van der Waals surface area contributed by atoms with Gasteiger partial charge in [0.15, 0.2) is 0 Å². The van der Waals surface area contributed by atoms with E-state index in [0.29, 0.717) is 22.6 Å². The molecule has 174 valence electrons. The predicted octanol–water partition coefficient (Wildman–Crippen LogP) is 3.85. The number of nitriles is 1. The molecule has 0 aliphatic carbocycles. The Morgan fingerprint density at radius 1 is 1.24 bits per heavy atom.